The monoisotopic (exact) mass is 211 g/mol. The number of aromatic nitrogens is 2. The summed E-state index contributed by atoms with van der Waals surface area (Å²) in [5, 5.41) is 4.10. The van der Waals surface area contributed by atoms with E-state index in [0.29, 0.717) is 25.4 Å². The molecule has 1 rings (SSSR count). The summed E-state index contributed by atoms with van der Waals surface area (Å²) in [4.78, 5) is 11.0. The third-order valence-corrected chi connectivity index (χ3v) is 2.06. The molecular formula is C10H17N3O2. The number of carbonyl (C=O) groups is 1. The van der Waals surface area contributed by atoms with Crippen LogP contribution in [0.3, 0.4) is 0 Å². The smallest absolute Gasteiger partial charge is 0.305 e. The fourth-order valence-electron chi connectivity index (χ4n) is 1.37. The molecule has 5 nitrogen and oxygen atoms in total. The van der Waals surface area contributed by atoms with Crippen molar-refractivity contribution < 1.29 is 9.53 Å². The Balaban J connectivity index is 2.31. The fraction of sp³-hybridized carbons (Fsp3) is 0.600. The minimum absolute atomic E-state index is 0.157. The molecule has 0 saturated carbocycles. The molecule has 0 aliphatic rings. The lowest BCUT2D eigenvalue weighted by Gasteiger charge is -2.03. The number of anilines is 1. The van der Waals surface area contributed by atoms with E-state index in [1.807, 2.05) is 13.0 Å². The number of hydrogen-bond acceptors (Lipinski definition) is 4. The van der Waals surface area contributed by atoms with Crippen LogP contribution in [0.4, 0.5) is 5.82 Å². The number of aryl methyl sites for hydroxylation is 2. The summed E-state index contributed by atoms with van der Waals surface area (Å²) in [5.74, 6) is 0.360. The molecule has 2 N–H and O–H groups in total. The molecule has 0 bridgehead atoms. The molecule has 15 heavy (non-hydrogen) atoms. The van der Waals surface area contributed by atoms with Crippen molar-refractivity contribution in [1.82, 2.24) is 9.78 Å². The number of hydrogen-bond donors (Lipinski definition) is 1. The molecular weight excluding hydrogens is 194 g/mol. The van der Waals surface area contributed by atoms with Crippen LogP contribution < -0.4 is 5.73 Å². The number of esters is 1. The normalized spacial score (nSPS) is 10.3. The average Bonchev–Trinajstić information content (AvgIpc) is 2.46. The van der Waals surface area contributed by atoms with Gasteiger partial charge in [-0.1, -0.05) is 0 Å². The van der Waals surface area contributed by atoms with Crippen molar-refractivity contribution in [3.63, 3.8) is 0 Å². The van der Waals surface area contributed by atoms with Gasteiger partial charge in [-0.25, -0.2) is 0 Å². The van der Waals surface area contributed by atoms with Crippen LogP contribution in [-0.4, -0.2) is 22.4 Å². The van der Waals surface area contributed by atoms with Gasteiger partial charge in [0, 0.05) is 24.7 Å². The average molecular weight is 211 g/mol. The van der Waals surface area contributed by atoms with Crippen LogP contribution in [0.2, 0.25) is 0 Å². The fourth-order valence-corrected chi connectivity index (χ4v) is 1.37. The first-order valence-corrected chi connectivity index (χ1v) is 5.09. The van der Waals surface area contributed by atoms with E-state index in [-0.39, 0.29) is 5.97 Å². The highest BCUT2D eigenvalue weighted by atomic mass is 16.5. The van der Waals surface area contributed by atoms with Crippen molar-refractivity contribution in [3.8, 4) is 0 Å². The highest BCUT2D eigenvalue weighted by Gasteiger charge is 2.04. The molecule has 0 atom stereocenters. The van der Waals surface area contributed by atoms with E-state index in [9.17, 15) is 4.79 Å². The van der Waals surface area contributed by atoms with Gasteiger partial charge in [-0.2, -0.15) is 5.10 Å². The quantitative estimate of drug-likeness (QED) is 0.741. The largest absolute Gasteiger partial charge is 0.466 e. The summed E-state index contributed by atoms with van der Waals surface area (Å²) < 4.78 is 6.62. The van der Waals surface area contributed by atoms with Gasteiger partial charge in [0.25, 0.3) is 0 Å². The Labute approximate surface area is 89.2 Å². The molecule has 0 saturated heterocycles. The second-order valence-corrected chi connectivity index (χ2v) is 3.34. The van der Waals surface area contributed by atoms with Crippen LogP contribution in [-0.2, 0) is 16.1 Å². The van der Waals surface area contributed by atoms with Crippen molar-refractivity contribution in [1.29, 1.82) is 0 Å². The molecule has 0 fully saturated rings. The molecule has 1 aromatic rings. The number of rotatable bonds is 5. The van der Waals surface area contributed by atoms with E-state index in [0.717, 1.165) is 12.1 Å². The second kappa shape index (κ2) is 5.38. The van der Waals surface area contributed by atoms with E-state index in [1.54, 1.807) is 11.6 Å². The maximum atomic E-state index is 11.0. The zero-order valence-electron chi connectivity index (χ0n) is 9.19. The summed E-state index contributed by atoms with van der Waals surface area (Å²) in [6.07, 6.45) is 1.15. The van der Waals surface area contributed by atoms with Gasteiger partial charge in [0.2, 0.25) is 0 Å². The van der Waals surface area contributed by atoms with E-state index in [4.69, 9.17) is 10.5 Å². The van der Waals surface area contributed by atoms with Crippen molar-refractivity contribution in [2.45, 2.75) is 33.2 Å². The number of ether oxygens (including phenoxy) is 1. The standard InChI is InChI=1S/C10H17N3O2/c1-3-15-10(14)5-4-6-13-8(2)7-9(11)12-13/h7H,3-6H2,1-2H3,(H2,11,12). The van der Waals surface area contributed by atoms with E-state index < -0.39 is 0 Å². The van der Waals surface area contributed by atoms with Crippen molar-refractivity contribution in [3.05, 3.63) is 11.8 Å². The highest BCUT2D eigenvalue weighted by Crippen LogP contribution is 2.06. The summed E-state index contributed by atoms with van der Waals surface area (Å²) in [6, 6.07) is 1.81. The first-order valence-electron chi connectivity index (χ1n) is 5.09. The maximum Gasteiger partial charge on any atom is 0.305 e. The van der Waals surface area contributed by atoms with Crippen LogP contribution in [0.5, 0.6) is 0 Å². The predicted octanol–water partition coefficient (Wildman–Crippen LogP) is 1.12. The first-order chi connectivity index (χ1) is 7.13. The van der Waals surface area contributed by atoms with Gasteiger partial charge in [-0.05, 0) is 20.3 Å². The highest BCUT2D eigenvalue weighted by molar-refractivity contribution is 5.69. The Bertz CT molecular complexity index is 333. The summed E-state index contributed by atoms with van der Waals surface area (Å²) in [7, 11) is 0. The predicted molar refractivity (Wildman–Crippen MR) is 57.2 cm³/mol. The molecule has 1 aromatic heterocycles. The second-order valence-electron chi connectivity index (χ2n) is 3.34. The minimum Gasteiger partial charge on any atom is -0.466 e. The third kappa shape index (κ3) is 3.61. The van der Waals surface area contributed by atoms with Crippen molar-refractivity contribution in [2.24, 2.45) is 0 Å². The number of carbonyl (C=O) groups excluding carboxylic acids is 1. The van der Waals surface area contributed by atoms with Gasteiger partial charge >= 0.3 is 5.97 Å². The topological polar surface area (TPSA) is 70.1 Å². The van der Waals surface area contributed by atoms with Crippen LogP contribution in [0.25, 0.3) is 0 Å². The van der Waals surface area contributed by atoms with Crippen LogP contribution in [0.15, 0.2) is 6.07 Å². The summed E-state index contributed by atoms with van der Waals surface area (Å²) in [6.45, 7) is 4.87. The Morgan fingerprint density at radius 2 is 2.40 bits per heavy atom. The summed E-state index contributed by atoms with van der Waals surface area (Å²) >= 11 is 0. The molecule has 1 heterocycles. The van der Waals surface area contributed by atoms with Gasteiger partial charge in [0.15, 0.2) is 0 Å². The molecule has 84 valence electrons. The van der Waals surface area contributed by atoms with Gasteiger partial charge in [-0.3, -0.25) is 9.48 Å². The maximum absolute atomic E-state index is 11.0. The Kier molecular flexibility index (Phi) is 4.15. The van der Waals surface area contributed by atoms with Gasteiger partial charge < -0.3 is 10.5 Å². The molecule has 0 amide bonds. The molecule has 0 aliphatic heterocycles. The molecule has 0 aliphatic carbocycles. The molecule has 0 unspecified atom stereocenters. The van der Waals surface area contributed by atoms with Gasteiger partial charge in [0.05, 0.1) is 6.61 Å². The SMILES string of the molecule is CCOC(=O)CCCn1nc(N)cc1C. The lowest BCUT2D eigenvalue weighted by Crippen LogP contribution is -2.08. The van der Waals surface area contributed by atoms with Gasteiger partial charge in [0.1, 0.15) is 5.82 Å². The van der Waals surface area contributed by atoms with Crippen LogP contribution >= 0.6 is 0 Å². The zero-order chi connectivity index (χ0) is 11.3. The third-order valence-electron chi connectivity index (χ3n) is 2.06. The van der Waals surface area contributed by atoms with Gasteiger partial charge in [-0.15, -0.1) is 0 Å². The Hall–Kier alpha value is -1.52. The lowest BCUT2D eigenvalue weighted by atomic mass is 10.3. The first kappa shape index (κ1) is 11.6. The number of nitrogens with zero attached hydrogens (tertiary/aromatic N) is 2. The van der Waals surface area contributed by atoms with Crippen LogP contribution in [0.1, 0.15) is 25.5 Å². The van der Waals surface area contributed by atoms with E-state index >= 15 is 0 Å². The Morgan fingerprint density at radius 1 is 1.67 bits per heavy atom. The number of nitrogen functional groups attached to an aromatic ring is 1. The van der Waals surface area contributed by atoms with Crippen molar-refractivity contribution in [2.75, 3.05) is 12.3 Å². The minimum atomic E-state index is -0.157. The summed E-state index contributed by atoms with van der Waals surface area (Å²) in [5.41, 5.74) is 6.55. The van der Waals surface area contributed by atoms with E-state index in [2.05, 4.69) is 5.10 Å². The Morgan fingerprint density at radius 3 is 2.93 bits per heavy atom. The molecule has 5 heteroatoms. The number of nitrogens with two attached hydrogens (primary N) is 1. The van der Waals surface area contributed by atoms with Crippen LogP contribution in [0, 0.1) is 6.92 Å². The lowest BCUT2D eigenvalue weighted by molar-refractivity contribution is -0.143. The zero-order valence-corrected chi connectivity index (χ0v) is 9.19. The molecule has 0 radical (unpaired) electrons. The van der Waals surface area contributed by atoms with E-state index in [1.165, 1.54) is 0 Å². The molecule has 0 spiro atoms. The van der Waals surface area contributed by atoms with Crippen molar-refractivity contribution >= 4 is 11.8 Å². The molecule has 0 aromatic carbocycles.